The second-order valence-electron chi connectivity index (χ2n) is 19.4. The lowest BCUT2D eigenvalue weighted by Crippen LogP contribution is -2.49. The van der Waals surface area contributed by atoms with E-state index in [0.717, 1.165) is 55.1 Å². The van der Waals surface area contributed by atoms with Crippen LogP contribution in [0.15, 0.2) is 91.1 Å². The van der Waals surface area contributed by atoms with Gasteiger partial charge in [0.25, 0.3) is 0 Å². The normalized spacial score (nSPS) is 34.6. The van der Waals surface area contributed by atoms with Crippen molar-refractivity contribution in [3.8, 4) is 0 Å². The summed E-state index contributed by atoms with van der Waals surface area (Å²) in [6.07, 6.45) is 32.0. The Morgan fingerprint density at radius 2 is 1.28 bits per heavy atom. The maximum Gasteiger partial charge on any atom is 0.200 e. The monoisotopic (exact) mass is 812 g/mol. The molecule has 13 atom stereocenters. The summed E-state index contributed by atoms with van der Waals surface area (Å²) >= 11 is 0. The van der Waals surface area contributed by atoms with Crippen molar-refractivity contribution in [1.29, 1.82) is 0 Å². The van der Waals surface area contributed by atoms with E-state index in [1.807, 2.05) is 17.0 Å². The first kappa shape index (κ1) is 39.9. The molecule has 2 aliphatic heterocycles. The van der Waals surface area contributed by atoms with Crippen LogP contribution in [0, 0.1) is 71.5 Å². The fourth-order valence-corrected chi connectivity index (χ4v) is 20.2. The Bertz CT molecular complexity index is 2080. The van der Waals surface area contributed by atoms with Crippen molar-refractivity contribution >= 4 is 13.8 Å². The molecule has 9 heteroatoms. The molecule has 1 N–H and O–H groups in total. The van der Waals surface area contributed by atoms with E-state index in [1.165, 1.54) is 0 Å². The number of hydrogen-bond donors (Lipinski definition) is 1. The first-order chi connectivity index (χ1) is 27.8. The molecule has 2 saturated carbocycles. The smallest absolute Gasteiger partial charge is 0.200 e. The highest BCUT2D eigenvalue weighted by atomic mass is 28.3. The van der Waals surface area contributed by atoms with E-state index < -0.39 is 49.3 Å². The van der Waals surface area contributed by atoms with Crippen molar-refractivity contribution in [3.05, 3.63) is 137 Å². The van der Waals surface area contributed by atoms with E-state index in [4.69, 9.17) is 4.74 Å². The molecule has 58 heavy (non-hydrogen) atoms. The maximum atomic E-state index is 15.6. The number of fused-ring (bicyclic) bond motifs is 10. The number of rotatable bonds is 11. The third-order valence-corrected chi connectivity index (χ3v) is 21.2. The first-order valence-corrected chi connectivity index (χ1v) is 24.5. The lowest BCUT2D eigenvalue weighted by molar-refractivity contribution is -0.00471. The van der Waals surface area contributed by atoms with Crippen LogP contribution in [-0.2, 0) is 11.3 Å². The lowest BCUT2D eigenvalue weighted by Gasteiger charge is -2.49. The van der Waals surface area contributed by atoms with E-state index in [0.29, 0.717) is 41.3 Å². The molecule has 7 aliphatic rings. The molecule has 5 aliphatic carbocycles. The Labute approximate surface area is 341 Å². The van der Waals surface area contributed by atoms with Gasteiger partial charge in [-0.1, -0.05) is 122 Å². The maximum absolute atomic E-state index is 15.6. The summed E-state index contributed by atoms with van der Waals surface area (Å²) in [6, 6.07) is 7.89. The van der Waals surface area contributed by atoms with E-state index >= 15 is 8.78 Å². The molecule has 3 nitrogen and oxygen atoms in total. The zero-order valence-corrected chi connectivity index (χ0v) is 35.3. The van der Waals surface area contributed by atoms with Crippen molar-refractivity contribution in [1.82, 2.24) is 5.32 Å². The fraction of sp³-hybridized carbons (Fsp3) is 0.510. The lowest BCUT2D eigenvalue weighted by atomic mass is 9.84. The minimum absolute atomic E-state index is 0.0112. The Hall–Kier alpha value is -3.53. The summed E-state index contributed by atoms with van der Waals surface area (Å²) in [5, 5.41) is 4.13. The minimum atomic E-state index is -2.44. The van der Waals surface area contributed by atoms with Crippen LogP contribution >= 0.6 is 0 Å². The van der Waals surface area contributed by atoms with E-state index in [1.54, 1.807) is 0 Å². The second kappa shape index (κ2) is 15.2. The van der Waals surface area contributed by atoms with Crippen molar-refractivity contribution in [3.63, 3.8) is 0 Å². The largest absolute Gasteiger partial charge is 0.376 e. The number of halogens is 5. The number of aryl methyl sites for hydroxylation is 1. The summed E-state index contributed by atoms with van der Waals surface area (Å²) in [7, 11) is -2.44. The van der Waals surface area contributed by atoms with E-state index in [-0.39, 0.29) is 34.9 Å². The van der Waals surface area contributed by atoms with Gasteiger partial charge < -0.3 is 15.0 Å². The van der Waals surface area contributed by atoms with Gasteiger partial charge in [0.15, 0.2) is 23.3 Å². The number of unbranched alkanes of at least 4 members (excludes halogenated alkanes) is 3. The van der Waals surface area contributed by atoms with Gasteiger partial charge in [-0.05, 0) is 80.5 Å². The summed E-state index contributed by atoms with van der Waals surface area (Å²) in [5.74, 6) is -7.54. The van der Waals surface area contributed by atoms with Gasteiger partial charge in [0, 0.05) is 60.3 Å². The van der Waals surface area contributed by atoms with Crippen LogP contribution in [0.4, 0.5) is 27.6 Å². The van der Waals surface area contributed by atoms with Gasteiger partial charge in [-0.25, -0.2) is 22.0 Å². The van der Waals surface area contributed by atoms with Crippen molar-refractivity contribution in [2.24, 2.45) is 35.5 Å². The van der Waals surface area contributed by atoms with Crippen LogP contribution < -0.4 is 10.2 Å². The quantitative estimate of drug-likeness (QED) is 0.0804. The first-order valence-electron chi connectivity index (χ1n) is 21.6. The summed E-state index contributed by atoms with van der Waals surface area (Å²) in [6.45, 7) is 11.4. The van der Waals surface area contributed by atoms with Crippen LogP contribution in [0.1, 0.15) is 69.1 Å². The van der Waals surface area contributed by atoms with Gasteiger partial charge in [0.05, 0.1) is 13.7 Å². The number of hydrogen-bond acceptors (Lipinski definition) is 3. The van der Waals surface area contributed by atoms with Gasteiger partial charge >= 0.3 is 0 Å². The molecular formula is C49H57F5N2OSi. The highest BCUT2D eigenvalue weighted by Crippen LogP contribution is 2.70. The molecule has 0 radical (unpaired) electrons. The molecule has 9 rings (SSSR count). The van der Waals surface area contributed by atoms with Gasteiger partial charge in [-0.2, -0.15) is 0 Å². The molecule has 0 spiro atoms. The van der Waals surface area contributed by atoms with Crippen LogP contribution in [0.25, 0.3) is 0 Å². The number of allylic oxidation sites excluding steroid dienone is 8. The SMILES string of the molecule is Cc1ccc2c(c1)C1C(C3C=CC=CC3C1[Si](C)(CCCCCCOC(C)(C)C)C1C3C=CC=CC3C3NC4C=CC=CC4C31)N2Cc1c(F)c(F)c(F)c(F)c1F. The van der Waals surface area contributed by atoms with E-state index in [2.05, 4.69) is 119 Å². The molecule has 2 aromatic carbocycles. The summed E-state index contributed by atoms with van der Waals surface area (Å²) in [5.41, 5.74) is 2.91. The topological polar surface area (TPSA) is 24.5 Å². The van der Waals surface area contributed by atoms with Gasteiger partial charge in [0.2, 0.25) is 5.82 Å². The minimum Gasteiger partial charge on any atom is -0.376 e. The van der Waals surface area contributed by atoms with Crippen LogP contribution in [0.3, 0.4) is 0 Å². The fourth-order valence-electron chi connectivity index (χ4n) is 13.1. The standard InChI is InChI=1S/C49H57F5N2OSi/c1-28-22-23-37-34(26-28)39-46(56(37)27-35-40(50)42(52)44(54)43(53)41(35)51)30-17-9-11-19-32(30)48(39)58(5,25-15-7-6-14-24-57-49(2,3)4)47-31-18-10-8-16-29(31)45-38(47)33-20-12-13-21-36(33)55-45/h8-13,16-23,26,29-33,36,38-39,45-48,55H,6-7,14-15,24-25,27H2,1-5H3. The number of ether oxygens (including phenoxy) is 1. The Balaban J connectivity index is 1.15. The Morgan fingerprint density at radius 1 is 0.690 bits per heavy atom. The zero-order valence-electron chi connectivity index (χ0n) is 34.3. The highest BCUT2D eigenvalue weighted by molar-refractivity contribution is 6.82. The van der Waals surface area contributed by atoms with Crippen molar-refractivity contribution in [2.75, 3.05) is 11.5 Å². The molecule has 0 amide bonds. The molecule has 2 heterocycles. The number of nitrogens with zero attached hydrogens (tertiary/aromatic N) is 1. The number of benzene rings is 2. The third kappa shape index (κ3) is 6.48. The number of nitrogens with one attached hydrogen (secondary N) is 1. The molecule has 1 saturated heterocycles. The molecule has 2 aromatic rings. The Morgan fingerprint density at radius 3 is 1.97 bits per heavy atom. The van der Waals surface area contributed by atoms with Crippen LogP contribution in [-0.4, -0.2) is 38.4 Å². The van der Waals surface area contributed by atoms with Crippen molar-refractivity contribution in [2.45, 2.75) is 113 Å². The van der Waals surface area contributed by atoms with Gasteiger partial charge in [-0.3, -0.25) is 0 Å². The predicted octanol–water partition coefficient (Wildman–Crippen LogP) is 11.8. The van der Waals surface area contributed by atoms with Gasteiger partial charge in [-0.15, -0.1) is 0 Å². The molecular weight excluding hydrogens is 756 g/mol. The number of anilines is 1. The highest BCUT2D eigenvalue weighted by Gasteiger charge is 2.68. The Kier molecular flexibility index (Phi) is 10.4. The van der Waals surface area contributed by atoms with Gasteiger partial charge in [0.1, 0.15) is 0 Å². The summed E-state index contributed by atoms with van der Waals surface area (Å²) < 4.78 is 81.1. The van der Waals surface area contributed by atoms with Crippen molar-refractivity contribution < 1.29 is 26.7 Å². The third-order valence-electron chi connectivity index (χ3n) is 15.2. The van der Waals surface area contributed by atoms with Crippen LogP contribution in [0.5, 0.6) is 0 Å². The average Bonchev–Trinajstić information content (AvgIpc) is 3.93. The second-order valence-corrected chi connectivity index (χ2v) is 24.3. The molecule has 3 fully saturated rings. The molecule has 0 aromatic heterocycles. The summed E-state index contributed by atoms with van der Waals surface area (Å²) in [4.78, 5) is 2.01. The molecule has 13 unspecified atom stereocenters. The van der Waals surface area contributed by atoms with E-state index in [9.17, 15) is 13.2 Å². The zero-order chi connectivity index (χ0) is 40.7. The molecule has 0 bridgehead atoms. The predicted molar refractivity (Wildman–Crippen MR) is 225 cm³/mol. The molecule has 308 valence electrons. The van der Waals surface area contributed by atoms with Crippen LogP contribution in [0.2, 0.25) is 23.7 Å². The average molecular weight is 813 g/mol.